The second-order valence-electron chi connectivity index (χ2n) is 3.08. The average molecular weight is 219 g/mol. The van der Waals surface area contributed by atoms with Crippen molar-refractivity contribution in [2.45, 2.75) is 25.9 Å². The molecule has 0 aliphatic rings. The summed E-state index contributed by atoms with van der Waals surface area (Å²) in [6.45, 7) is 2.72. The zero-order chi connectivity index (χ0) is 11.3. The molecule has 0 bridgehead atoms. The molecule has 0 radical (unpaired) electrons. The normalized spacial score (nSPS) is 11.5. The van der Waals surface area contributed by atoms with Gasteiger partial charge in [-0.1, -0.05) is 13.3 Å². The van der Waals surface area contributed by atoms with Crippen LogP contribution in [0.5, 0.6) is 0 Å². The topological polar surface area (TPSA) is 37.8 Å². The van der Waals surface area contributed by atoms with Crippen LogP contribution in [0, 0.1) is 0 Å². The molecule has 0 amide bonds. The van der Waals surface area contributed by atoms with Gasteiger partial charge in [-0.05, 0) is 18.6 Å². The molecule has 1 aromatic rings. The van der Waals surface area contributed by atoms with Gasteiger partial charge < -0.3 is 5.32 Å². The minimum Gasteiger partial charge on any atom is -0.369 e. The Hall–Kier alpha value is -1.33. The monoisotopic (exact) mass is 219 g/mol. The van der Waals surface area contributed by atoms with Crippen molar-refractivity contribution in [2.75, 3.05) is 11.9 Å². The molecule has 1 rings (SSSR count). The number of alkyl halides is 3. The van der Waals surface area contributed by atoms with Crippen molar-refractivity contribution < 1.29 is 13.2 Å². The van der Waals surface area contributed by atoms with E-state index in [0.29, 0.717) is 12.4 Å². The number of nitrogens with one attached hydrogen (secondary N) is 1. The Kier molecular flexibility index (Phi) is 3.88. The minimum absolute atomic E-state index is 0.372. The molecule has 6 heteroatoms. The summed E-state index contributed by atoms with van der Waals surface area (Å²) in [7, 11) is 0. The molecule has 0 saturated heterocycles. The van der Waals surface area contributed by atoms with Gasteiger partial charge >= 0.3 is 6.18 Å². The van der Waals surface area contributed by atoms with E-state index in [-0.39, 0.29) is 0 Å². The van der Waals surface area contributed by atoms with Crippen LogP contribution in [0.3, 0.4) is 0 Å². The van der Waals surface area contributed by atoms with Crippen molar-refractivity contribution in [1.29, 1.82) is 0 Å². The van der Waals surface area contributed by atoms with Gasteiger partial charge in [0.05, 0.1) is 0 Å². The molecule has 0 aliphatic heterocycles. The average Bonchev–Trinajstić information content (AvgIpc) is 2.18. The number of aromatic nitrogens is 2. The molecule has 1 N–H and O–H groups in total. The summed E-state index contributed by atoms with van der Waals surface area (Å²) in [5.74, 6) is 0.372. The highest BCUT2D eigenvalue weighted by Gasteiger charge is 2.32. The Morgan fingerprint density at radius 2 is 2.00 bits per heavy atom. The Morgan fingerprint density at radius 3 is 2.47 bits per heavy atom. The van der Waals surface area contributed by atoms with Gasteiger partial charge in [0.2, 0.25) is 0 Å². The maximum Gasteiger partial charge on any atom is 0.435 e. The van der Waals surface area contributed by atoms with Crippen molar-refractivity contribution in [1.82, 2.24) is 10.2 Å². The van der Waals surface area contributed by atoms with Gasteiger partial charge in [0.25, 0.3) is 0 Å². The molecule has 0 spiro atoms. The zero-order valence-electron chi connectivity index (χ0n) is 8.30. The van der Waals surface area contributed by atoms with E-state index in [1.165, 1.54) is 6.07 Å². The van der Waals surface area contributed by atoms with Crippen molar-refractivity contribution >= 4 is 5.82 Å². The van der Waals surface area contributed by atoms with E-state index in [2.05, 4.69) is 15.5 Å². The molecule has 0 atom stereocenters. The summed E-state index contributed by atoms with van der Waals surface area (Å²) in [6, 6.07) is 2.20. The number of nitrogens with zero attached hydrogens (tertiary/aromatic N) is 2. The summed E-state index contributed by atoms with van der Waals surface area (Å²) >= 11 is 0. The van der Waals surface area contributed by atoms with E-state index in [1.54, 1.807) is 0 Å². The molecule has 3 nitrogen and oxygen atoms in total. The van der Waals surface area contributed by atoms with Crippen LogP contribution in [-0.2, 0) is 6.18 Å². The lowest BCUT2D eigenvalue weighted by atomic mass is 10.3. The molecule has 15 heavy (non-hydrogen) atoms. The van der Waals surface area contributed by atoms with Crippen LogP contribution in [-0.4, -0.2) is 16.7 Å². The first-order valence-corrected chi connectivity index (χ1v) is 4.69. The van der Waals surface area contributed by atoms with Crippen LogP contribution in [0.15, 0.2) is 12.1 Å². The van der Waals surface area contributed by atoms with Crippen molar-refractivity contribution in [3.8, 4) is 0 Å². The number of hydrogen-bond donors (Lipinski definition) is 1. The van der Waals surface area contributed by atoms with E-state index in [0.717, 1.165) is 18.9 Å². The van der Waals surface area contributed by atoms with Crippen LogP contribution in [0.1, 0.15) is 25.5 Å². The first kappa shape index (κ1) is 11.7. The van der Waals surface area contributed by atoms with Crippen LogP contribution in [0.25, 0.3) is 0 Å². The first-order valence-electron chi connectivity index (χ1n) is 4.69. The molecule has 1 aromatic heterocycles. The number of anilines is 1. The molecule has 0 unspecified atom stereocenters. The van der Waals surface area contributed by atoms with E-state index in [4.69, 9.17) is 0 Å². The van der Waals surface area contributed by atoms with E-state index < -0.39 is 11.9 Å². The third-order valence-electron chi connectivity index (χ3n) is 1.79. The number of unbranched alkanes of at least 4 members (excludes halogenated alkanes) is 1. The minimum atomic E-state index is -4.42. The predicted octanol–water partition coefficient (Wildman–Crippen LogP) is 2.71. The number of halogens is 3. The Labute approximate surface area is 85.7 Å². The van der Waals surface area contributed by atoms with E-state index >= 15 is 0 Å². The van der Waals surface area contributed by atoms with Gasteiger partial charge in [-0.15, -0.1) is 10.2 Å². The lowest BCUT2D eigenvalue weighted by Crippen LogP contribution is -2.10. The summed E-state index contributed by atoms with van der Waals surface area (Å²) < 4.78 is 36.3. The van der Waals surface area contributed by atoms with Gasteiger partial charge in [0, 0.05) is 6.54 Å². The fourth-order valence-corrected chi connectivity index (χ4v) is 0.971. The fraction of sp³-hybridized carbons (Fsp3) is 0.556. The summed E-state index contributed by atoms with van der Waals surface area (Å²) in [6.07, 6.45) is -2.46. The van der Waals surface area contributed by atoms with Crippen molar-refractivity contribution in [2.24, 2.45) is 0 Å². The predicted molar refractivity (Wildman–Crippen MR) is 50.4 cm³/mol. The third-order valence-corrected chi connectivity index (χ3v) is 1.79. The van der Waals surface area contributed by atoms with Crippen LogP contribution in [0.4, 0.5) is 19.0 Å². The lowest BCUT2D eigenvalue weighted by Gasteiger charge is -2.06. The van der Waals surface area contributed by atoms with Gasteiger partial charge in [-0.3, -0.25) is 0 Å². The first-order chi connectivity index (χ1) is 7.04. The van der Waals surface area contributed by atoms with E-state index in [1.807, 2.05) is 6.92 Å². The van der Waals surface area contributed by atoms with Gasteiger partial charge in [0.15, 0.2) is 5.69 Å². The van der Waals surface area contributed by atoms with Gasteiger partial charge in [0.1, 0.15) is 5.82 Å². The highest BCUT2D eigenvalue weighted by molar-refractivity contribution is 5.33. The lowest BCUT2D eigenvalue weighted by molar-refractivity contribution is -0.141. The number of rotatable bonds is 4. The highest BCUT2D eigenvalue weighted by Crippen LogP contribution is 2.26. The Morgan fingerprint density at radius 1 is 1.27 bits per heavy atom. The third kappa shape index (κ3) is 3.73. The summed E-state index contributed by atoms with van der Waals surface area (Å²) in [4.78, 5) is 0. The van der Waals surface area contributed by atoms with Crippen LogP contribution < -0.4 is 5.32 Å². The quantitative estimate of drug-likeness (QED) is 0.791. The standard InChI is InChI=1S/C9H12F3N3/c1-2-3-6-13-8-5-4-7(14-15-8)9(10,11)12/h4-5H,2-3,6H2,1H3,(H,13,15). The second kappa shape index (κ2) is 4.95. The van der Waals surface area contributed by atoms with Crippen molar-refractivity contribution in [3.05, 3.63) is 17.8 Å². The van der Waals surface area contributed by atoms with E-state index in [9.17, 15) is 13.2 Å². The Balaban J connectivity index is 2.57. The molecule has 84 valence electrons. The molecule has 1 heterocycles. The smallest absolute Gasteiger partial charge is 0.369 e. The fourth-order valence-electron chi connectivity index (χ4n) is 0.971. The summed E-state index contributed by atoms with van der Waals surface area (Å²) in [5.41, 5.74) is -0.969. The molecule has 0 fully saturated rings. The van der Waals surface area contributed by atoms with Crippen molar-refractivity contribution in [3.63, 3.8) is 0 Å². The maximum absolute atomic E-state index is 12.1. The maximum atomic E-state index is 12.1. The highest BCUT2D eigenvalue weighted by atomic mass is 19.4. The summed E-state index contributed by atoms with van der Waals surface area (Å²) in [5, 5.41) is 9.41. The molecular weight excluding hydrogens is 207 g/mol. The van der Waals surface area contributed by atoms with Crippen LogP contribution >= 0.6 is 0 Å². The molecule has 0 aromatic carbocycles. The second-order valence-corrected chi connectivity index (χ2v) is 3.08. The molecule has 0 aliphatic carbocycles. The van der Waals surface area contributed by atoms with Gasteiger partial charge in [-0.2, -0.15) is 13.2 Å². The largest absolute Gasteiger partial charge is 0.435 e. The Bertz CT molecular complexity index is 294. The molecule has 0 saturated carbocycles. The van der Waals surface area contributed by atoms with Gasteiger partial charge in [-0.25, -0.2) is 0 Å². The van der Waals surface area contributed by atoms with Crippen LogP contribution in [0.2, 0.25) is 0 Å². The molecular formula is C9H12F3N3. The SMILES string of the molecule is CCCCNc1ccc(C(F)(F)F)nn1. The number of hydrogen-bond acceptors (Lipinski definition) is 3. The zero-order valence-corrected chi connectivity index (χ0v) is 8.30.